The second-order valence-corrected chi connectivity index (χ2v) is 11.1. The summed E-state index contributed by atoms with van der Waals surface area (Å²) in [5.41, 5.74) is 3.60. The fourth-order valence-corrected chi connectivity index (χ4v) is 7.75. The molecule has 1 amide bonds. The Kier molecular flexibility index (Phi) is 6.28. The van der Waals surface area contributed by atoms with E-state index in [9.17, 15) is 14.7 Å². The number of ketones is 1. The molecule has 1 aromatic carbocycles. The fraction of sp³-hybridized carbons (Fsp3) is 0.714. The number of carbonyl (C=O) groups is 2. The number of ether oxygens (including phenoxy) is 1. The van der Waals surface area contributed by atoms with Crippen LogP contribution in [-0.2, 0) is 27.2 Å². The lowest BCUT2D eigenvalue weighted by Crippen LogP contribution is -2.44. The number of hydrogen-bond donors (Lipinski definition) is 1. The molecule has 5 unspecified atom stereocenters. The molecule has 0 spiro atoms. The van der Waals surface area contributed by atoms with Gasteiger partial charge in [-0.15, -0.1) is 0 Å². The summed E-state index contributed by atoms with van der Waals surface area (Å²) in [5, 5.41) is 10.4. The van der Waals surface area contributed by atoms with E-state index in [0.29, 0.717) is 74.3 Å². The first-order chi connectivity index (χ1) is 15.9. The van der Waals surface area contributed by atoms with E-state index in [1.165, 1.54) is 11.1 Å². The summed E-state index contributed by atoms with van der Waals surface area (Å²) < 4.78 is 5.37. The van der Waals surface area contributed by atoms with Crippen molar-refractivity contribution >= 4 is 11.7 Å². The van der Waals surface area contributed by atoms with Gasteiger partial charge < -0.3 is 14.7 Å². The van der Waals surface area contributed by atoms with Gasteiger partial charge in [-0.3, -0.25) is 9.59 Å². The molecular weight excluding hydrogens is 414 g/mol. The molecule has 5 heteroatoms. The van der Waals surface area contributed by atoms with E-state index in [4.69, 9.17) is 4.74 Å². The number of morpholine rings is 1. The standard InChI is InChI=1S/C28H39NO4/c1-3-18-15-23-19(16-24(18)30)7-8-22-21(23)9-10-28(2)25(31)17-20(27(22)28)5-4-6-26(32)29-11-13-33-14-12-29/h15-16,20-22,27,30H,3-14,17H2,1-2H3. The Labute approximate surface area is 197 Å². The zero-order valence-electron chi connectivity index (χ0n) is 20.3. The second kappa shape index (κ2) is 9.05. The van der Waals surface area contributed by atoms with Crippen molar-refractivity contribution in [2.75, 3.05) is 26.3 Å². The topological polar surface area (TPSA) is 66.8 Å². The Bertz CT molecular complexity index is 921. The maximum atomic E-state index is 13.2. The maximum absolute atomic E-state index is 13.2. The third-order valence-electron chi connectivity index (χ3n) is 9.48. The molecule has 3 fully saturated rings. The zero-order valence-corrected chi connectivity index (χ0v) is 20.3. The van der Waals surface area contributed by atoms with Gasteiger partial charge in [0.05, 0.1) is 13.2 Å². The fourth-order valence-electron chi connectivity index (χ4n) is 7.75. The maximum Gasteiger partial charge on any atom is 0.222 e. The molecule has 0 radical (unpaired) electrons. The minimum absolute atomic E-state index is 0.192. The van der Waals surface area contributed by atoms with Gasteiger partial charge in [-0.1, -0.05) is 19.9 Å². The summed E-state index contributed by atoms with van der Waals surface area (Å²) in [6.07, 6.45) is 8.14. The van der Waals surface area contributed by atoms with Crippen LogP contribution in [0.25, 0.3) is 0 Å². The first kappa shape index (κ1) is 22.9. The molecule has 0 aromatic heterocycles. The van der Waals surface area contributed by atoms with Crippen LogP contribution >= 0.6 is 0 Å². The van der Waals surface area contributed by atoms with E-state index >= 15 is 0 Å². The highest BCUT2D eigenvalue weighted by atomic mass is 16.5. The second-order valence-electron chi connectivity index (χ2n) is 11.1. The molecule has 4 aliphatic rings. The predicted octanol–water partition coefficient (Wildman–Crippen LogP) is 4.64. The lowest BCUT2D eigenvalue weighted by atomic mass is 9.54. The van der Waals surface area contributed by atoms with Gasteiger partial charge in [0.1, 0.15) is 11.5 Å². The van der Waals surface area contributed by atoms with Crippen molar-refractivity contribution in [1.29, 1.82) is 0 Å². The van der Waals surface area contributed by atoms with Crippen LogP contribution in [0.5, 0.6) is 5.75 Å². The highest BCUT2D eigenvalue weighted by Crippen LogP contribution is 2.62. The minimum atomic E-state index is -0.192. The van der Waals surface area contributed by atoms with Crippen LogP contribution in [0, 0.1) is 23.2 Å². The number of rotatable bonds is 5. The summed E-state index contributed by atoms with van der Waals surface area (Å²) in [4.78, 5) is 27.8. The number of amides is 1. The van der Waals surface area contributed by atoms with E-state index in [-0.39, 0.29) is 11.3 Å². The Morgan fingerprint density at radius 1 is 1.24 bits per heavy atom. The monoisotopic (exact) mass is 453 g/mol. The molecule has 33 heavy (non-hydrogen) atoms. The van der Waals surface area contributed by atoms with Gasteiger partial charge in [0, 0.05) is 31.3 Å². The van der Waals surface area contributed by atoms with Crippen molar-refractivity contribution in [3.8, 4) is 5.75 Å². The van der Waals surface area contributed by atoms with Gasteiger partial charge in [-0.25, -0.2) is 0 Å². The number of hydrogen-bond acceptors (Lipinski definition) is 4. The molecule has 180 valence electrons. The Morgan fingerprint density at radius 2 is 2.03 bits per heavy atom. The molecular formula is C28H39NO4. The third-order valence-corrected chi connectivity index (χ3v) is 9.48. The van der Waals surface area contributed by atoms with Gasteiger partial charge in [0.2, 0.25) is 5.91 Å². The van der Waals surface area contributed by atoms with Gasteiger partial charge >= 0.3 is 0 Å². The van der Waals surface area contributed by atoms with E-state index < -0.39 is 0 Å². The number of nitrogens with zero attached hydrogens (tertiary/aromatic N) is 1. The first-order valence-electron chi connectivity index (χ1n) is 13.2. The first-order valence-corrected chi connectivity index (χ1v) is 13.2. The highest BCUT2D eigenvalue weighted by Gasteiger charge is 2.58. The molecule has 3 aliphatic carbocycles. The number of aromatic hydroxyl groups is 1. The van der Waals surface area contributed by atoms with Crippen molar-refractivity contribution in [2.45, 2.75) is 77.6 Å². The van der Waals surface area contributed by atoms with E-state index in [0.717, 1.165) is 50.5 Å². The van der Waals surface area contributed by atoms with E-state index in [1.807, 2.05) is 11.0 Å². The molecule has 2 saturated carbocycles. The van der Waals surface area contributed by atoms with E-state index in [2.05, 4.69) is 19.9 Å². The third kappa shape index (κ3) is 4.00. The normalized spacial score (nSPS) is 33.4. The quantitative estimate of drug-likeness (QED) is 0.706. The summed E-state index contributed by atoms with van der Waals surface area (Å²) in [7, 11) is 0. The summed E-state index contributed by atoms with van der Waals surface area (Å²) in [6, 6.07) is 4.27. The van der Waals surface area contributed by atoms with Crippen LogP contribution in [0.15, 0.2) is 12.1 Å². The smallest absolute Gasteiger partial charge is 0.222 e. The number of phenols is 1. The van der Waals surface area contributed by atoms with Crippen molar-refractivity contribution in [1.82, 2.24) is 4.90 Å². The van der Waals surface area contributed by atoms with Gasteiger partial charge in [-0.05, 0) is 91.4 Å². The van der Waals surface area contributed by atoms with Crippen molar-refractivity contribution in [3.63, 3.8) is 0 Å². The van der Waals surface area contributed by atoms with Crippen LogP contribution < -0.4 is 0 Å². The number of Topliss-reactive ketones (excluding diaryl/α,β-unsaturated/α-hetero) is 1. The zero-order chi connectivity index (χ0) is 23.2. The average Bonchev–Trinajstić information content (AvgIpc) is 3.08. The van der Waals surface area contributed by atoms with Crippen LogP contribution in [0.2, 0.25) is 0 Å². The molecule has 1 N–H and O–H groups in total. The largest absolute Gasteiger partial charge is 0.508 e. The Hall–Kier alpha value is -1.88. The Balaban J connectivity index is 1.32. The molecule has 1 heterocycles. The number of fused-ring (bicyclic) bond motifs is 5. The van der Waals surface area contributed by atoms with Crippen LogP contribution in [0.3, 0.4) is 0 Å². The molecule has 1 aliphatic heterocycles. The molecule has 1 aromatic rings. The molecule has 5 atom stereocenters. The van der Waals surface area contributed by atoms with Crippen molar-refractivity contribution in [2.24, 2.45) is 23.2 Å². The number of carbonyl (C=O) groups excluding carboxylic acids is 2. The summed E-state index contributed by atoms with van der Waals surface area (Å²) >= 11 is 0. The van der Waals surface area contributed by atoms with Gasteiger partial charge in [0.25, 0.3) is 0 Å². The summed E-state index contributed by atoms with van der Waals surface area (Å²) in [6.45, 7) is 7.04. The SMILES string of the molecule is CCc1cc2c(cc1O)CCC1C2CCC2(C)C(=O)CC(CCCC(=O)N3CCOCC3)C12. The van der Waals surface area contributed by atoms with Gasteiger partial charge in [-0.2, -0.15) is 0 Å². The summed E-state index contributed by atoms with van der Waals surface area (Å²) in [5.74, 6) is 3.00. The van der Waals surface area contributed by atoms with Crippen LogP contribution in [0.1, 0.15) is 81.4 Å². The van der Waals surface area contributed by atoms with Gasteiger partial charge in [0.15, 0.2) is 0 Å². The van der Waals surface area contributed by atoms with Crippen LogP contribution in [-0.4, -0.2) is 48.0 Å². The minimum Gasteiger partial charge on any atom is -0.508 e. The predicted molar refractivity (Wildman–Crippen MR) is 127 cm³/mol. The van der Waals surface area contributed by atoms with E-state index in [1.54, 1.807) is 0 Å². The number of benzene rings is 1. The molecule has 5 nitrogen and oxygen atoms in total. The average molecular weight is 454 g/mol. The molecule has 1 saturated heterocycles. The Morgan fingerprint density at radius 3 is 2.79 bits per heavy atom. The molecule has 0 bridgehead atoms. The highest BCUT2D eigenvalue weighted by molar-refractivity contribution is 5.87. The lowest BCUT2D eigenvalue weighted by Gasteiger charge is -2.50. The number of phenolic OH excluding ortho intramolecular Hbond substituents is 1. The van der Waals surface area contributed by atoms with Crippen molar-refractivity contribution in [3.05, 3.63) is 28.8 Å². The van der Waals surface area contributed by atoms with Crippen LogP contribution in [0.4, 0.5) is 0 Å². The number of aryl methyl sites for hydroxylation is 2. The lowest BCUT2D eigenvalue weighted by molar-refractivity contribution is -0.135. The molecule has 5 rings (SSSR count). The van der Waals surface area contributed by atoms with Crippen molar-refractivity contribution < 1.29 is 19.4 Å².